The summed E-state index contributed by atoms with van der Waals surface area (Å²) in [4.78, 5) is 0. The predicted molar refractivity (Wildman–Crippen MR) is 76.2 cm³/mol. The molecule has 3 rings (SSSR count). The molecule has 0 amide bonds. The molecule has 0 aromatic heterocycles. The molecule has 1 saturated heterocycles. The van der Waals surface area contributed by atoms with Crippen molar-refractivity contribution in [2.75, 3.05) is 0 Å². The molecule has 0 unspecified atom stereocenters. The first kappa shape index (κ1) is 12.7. The molecule has 1 fully saturated rings. The van der Waals surface area contributed by atoms with Gasteiger partial charge in [0.1, 0.15) is 11.9 Å². The van der Waals surface area contributed by atoms with E-state index in [4.69, 9.17) is 9.47 Å². The normalized spacial score (nSPS) is 36.1. The molecule has 2 heterocycles. The summed E-state index contributed by atoms with van der Waals surface area (Å²) in [5.74, 6) is 1.91. The van der Waals surface area contributed by atoms with Crippen LogP contribution in [0.15, 0.2) is 35.9 Å². The molecule has 0 radical (unpaired) electrons. The Morgan fingerprint density at radius 1 is 1.16 bits per heavy atom. The predicted octanol–water partition coefficient (Wildman–Crippen LogP) is 4.13. The number of ether oxygens (including phenoxy) is 2. The van der Waals surface area contributed by atoms with Crippen LogP contribution in [-0.2, 0) is 4.74 Å². The SMILES string of the molecule is CC(C)=C[C@@H]1Oc2ccccc2[C@@H]2O[C@@H](C)[C@H](C)[C@@H]12. The van der Waals surface area contributed by atoms with Crippen molar-refractivity contribution in [1.82, 2.24) is 0 Å². The standard InChI is InChI=1S/C17H22O2/c1-10(2)9-15-16-11(3)12(4)18-17(16)13-7-5-6-8-14(13)19-15/h5-9,11-12,15-17H,1-4H3/t11-,12-,15-,16-,17-/m0/s1. The highest BCUT2D eigenvalue weighted by Crippen LogP contribution is 2.50. The Kier molecular flexibility index (Phi) is 3.14. The van der Waals surface area contributed by atoms with Gasteiger partial charge in [0.05, 0.1) is 12.2 Å². The van der Waals surface area contributed by atoms with Crippen LogP contribution in [0, 0.1) is 11.8 Å². The van der Waals surface area contributed by atoms with E-state index in [-0.39, 0.29) is 18.3 Å². The average molecular weight is 258 g/mol. The molecule has 0 saturated carbocycles. The van der Waals surface area contributed by atoms with Gasteiger partial charge < -0.3 is 9.47 Å². The highest BCUT2D eigenvalue weighted by Gasteiger charge is 2.48. The summed E-state index contributed by atoms with van der Waals surface area (Å²) in [6.07, 6.45) is 2.84. The Morgan fingerprint density at radius 2 is 1.89 bits per heavy atom. The third-order valence-electron chi connectivity index (χ3n) is 4.42. The molecule has 0 aliphatic carbocycles. The van der Waals surface area contributed by atoms with Gasteiger partial charge in [0.15, 0.2) is 0 Å². The number of rotatable bonds is 1. The van der Waals surface area contributed by atoms with Crippen molar-refractivity contribution in [2.24, 2.45) is 11.8 Å². The Labute approximate surface area is 115 Å². The van der Waals surface area contributed by atoms with E-state index in [1.165, 1.54) is 11.1 Å². The molecule has 2 nitrogen and oxygen atoms in total. The van der Waals surface area contributed by atoms with Crippen LogP contribution in [0.2, 0.25) is 0 Å². The van der Waals surface area contributed by atoms with Gasteiger partial charge in [0.2, 0.25) is 0 Å². The minimum absolute atomic E-state index is 0.129. The Balaban J connectivity index is 2.05. The van der Waals surface area contributed by atoms with Crippen molar-refractivity contribution in [3.63, 3.8) is 0 Å². The van der Waals surface area contributed by atoms with Gasteiger partial charge in [0, 0.05) is 11.5 Å². The third-order valence-corrected chi connectivity index (χ3v) is 4.42. The van der Waals surface area contributed by atoms with E-state index in [9.17, 15) is 0 Å². The number of hydrogen-bond donors (Lipinski definition) is 0. The first-order valence-electron chi connectivity index (χ1n) is 7.14. The van der Waals surface area contributed by atoms with Gasteiger partial charge in [-0.2, -0.15) is 0 Å². The number of allylic oxidation sites excluding steroid dienone is 1. The molecule has 0 N–H and O–H groups in total. The van der Waals surface area contributed by atoms with Crippen LogP contribution in [0.3, 0.4) is 0 Å². The van der Waals surface area contributed by atoms with E-state index < -0.39 is 0 Å². The summed E-state index contributed by atoms with van der Waals surface area (Å²) >= 11 is 0. The summed E-state index contributed by atoms with van der Waals surface area (Å²) in [5.41, 5.74) is 2.51. The van der Waals surface area contributed by atoms with Crippen molar-refractivity contribution >= 4 is 0 Å². The van der Waals surface area contributed by atoms with Gasteiger partial charge in [-0.15, -0.1) is 0 Å². The maximum absolute atomic E-state index is 6.22. The van der Waals surface area contributed by atoms with Crippen LogP contribution in [0.25, 0.3) is 0 Å². The van der Waals surface area contributed by atoms with Crippen molar-refractivity contribution < 1.29 is 9.47 Å². The second kappa shape index (κ2) is 4.68. The van der Waals surface area contributed by atoms with Crippen molar-refractivity contribution in [2.45, 2.75) is 46.0 Å². The van der Waals surface area contributed by atoms with Gasteiger partial charge in [-0.1, -0.05) is 30.7 Å². The quantitative estimate of drug-likeness (QED) is 0.705. The largest absolute Gasteiger partial charge is 0.486 e. The minimum Gasteiger partial charge on any atom is -0.486 e. The van der Waals surface area contributed by atoms with E-state index in [1.54, 1.807) is 0 Å². The van der Waals surface area contributed by atoms with E-state index in [2.05, 4.69) is 52.0 Å². The minimum atomic E-state index is 0.129. The zero-order chi connectivity index (χ0) is 13.6. The number of fused-ring (bicyclic) bond motifs is 3. The lowest BCUT2D eigenvalue weighted by Crippen LogP contribution is -2.35. The highest BCUT2D eigenvalue weighted by atomic mass is 16.5. The fourth-order valence-corrected chi connectivity index (χ4v) is 3.31. The van der Waals surface area contributed by atoms with Crippen molar-refractivity contribution in [1.29, 1.82) is 0 Å². The lowest BCUT2D eigenvalue weighted by Gasteiger charge is -2.35. The van der Waals surface area contributed by atoms with Crippen LogP contribution in [-0.4, -0.2) is 12.2 Å². The molecule has 2 aliphatic heterocycles. The zero-order valence-electron chi connectivity index (χ0n) is 12.1. The summed E-state index contributed by atoms with van der Waals surface area (Å²) in [6.45, 7) is 8.70. The molecule has 1 aromatic rings. The molecule has 102 valence electrons. The van der Waals surface area contributed by atoms with Crippen LogP contribution in [0.1, 0.15) is 39.4 Å². The fourth-order valence-electron chi connectivity index (χ4n) is 3.31. The first-order chi connectivity index (χ1) is 9.08. The Bertz CT molecular complexity index is 502. The smallest absolute Gasteiger partial charge is 0.126 e. The zero-order valence-corrected chi connectivity index (χ0v) is 12.1. The molecule has 0 bridgehead atoms. The van der Waals surface area contributed by atoms with Crippen molar-refractivity contribution in [3.05, 3.63) is 41.5 Å². The Morgan fingerprint density at radius 3 is 2.63 bits per heavy atom. The summed E-state index contributed by atoms with van der Waals surface area (Å²) in [6, 6.07) is 8.28. The van der Waals surface area contributed by atoms with Gasteiger partial charge in [-0.3, -0.25) is 0 Å². The molecule has 1 aromatic carbocycles. The number of hydrogen-bond acceptors (Lipinski definition) is 2. The van der Waals surface area contributed by atoms with Crippen LogP contribution >= 0.6 is 0 Å². The summed E-state index contributed by atoms with van der Waals surface area (Å²) in [5, 5.41) is 0. The fraction of sp³-hybridized carbons (Fsp3) is 0.529. The lowest BCUT2D eigenvalue weighted by atomic mass is 9.79. The third kappa shape index (κ3) is 2.08. The highest BCUT2D eigenvalue weighted by molar-refractivity contribution is 5.39. The Hall–Kier alpha value is -1.28. The van der Waals surface area contributed by atoms with Crippen LogP contribution in [0.4, 0.5) is 0 Å². The topological polar surface area (TPSA) is 18.5 Å². The maximum Gasteiger partial charge on any atom is 0.126 e. The lowest BCUT2D eigenvalue weighted by molar-refractivity contribution is 0.0102. The second-order valence-electron chi connectivity index (χ2n) is 6.06. The summed E-state index contributed by atoms with van der Waals surface area (Å²) in [7, 11) is 0. The molecule has 2 heteroatoms. The van der Waals surface area contributed by atoms with Gasteiger partial charge >= 0.3 is 0 Å². The van der Waals surface area contributed by atoms with E-state index in [1.807, 2.05) is 6.07 Å². The number of para-hydroxylation sites is 1. The first-order valence-corrected chi connectivity index (χ1v) is 7.14. The molecular formula is C17H22O2. The van der Waals surface area contributed by atoms with Crippen molar-refractivity contribution in [3.8, 4) is 5.75 Å². The van der Waals surface area contributed by atoms with Crippen LogP contribution in [0.5, 0.6) is 5.75 Å². The van der Waals surface area contributed by atoms with Crippen LogP contribution < -0.4 is 4.74 Å². The molecule has 0 spiro atoms. The molecule has 19 heavy (non-hydrogen) atoms. The van der Waals surface area contributed by atoms with Gasteiger partial charge in [-0.25, -0.2) is 0 Å². The molecular weight excluding hydrogens is 236 g/mol. The molecule has 2 aliphatic rings. The van der Waals surface area contributed by atoms with Gasteiger partial charge in [-0.05, 0) is 38.8 Å². The maximum atomic E-state index is 6.22. The second-order valence-corrected chi connectivity index (χ2v) is 6.06. The van der Waals surface area contributed by atoms with E-state index in [0.717, 1.165) is 5.75 Å². The average Bonchev–Trinajstić information content (AvgIpc) is 2.66. The van der Waals surface area contributed by atoms with Gasteiger partial charge in [0.25, 0.3) is 0 Å². The molecule has 5 atom stereocenters. The van der Waals surface area contributed by atoms with E-state index in [0.29, 0.717) is 11.8 Å². The monoisotopic (exact) mass is 258 g/mol. The van der Waals surface area contributed by atoms with E-state index >= 15 is 0 Å². The summed E-state index contributed by atoms with van der Waals surface area (Å²) < 4.78 is 12.4. The number of benzene rings is 1.